The summed E-state index contributed by atoms with van der Waals surface area (Å²) in [5.74, 6) is 1.60. The summed E-state index contributed by atoms with van der Waals surface area (Å²) in [5.41, 5.74) is 3.56. The van der Waals surface area contributed by atoms with Crippen molar-refractivity contribution in [3.63, 3.8) is 0 Å². The van der Waals surface area contributed by atoms with Crippen LogP contribution in [-0.2, 0) is 13.0 Å². The monoisotopic (exact) mass is 325 g/mol. The zero-order valence-electron chi connectivity index (χ0n) is 14.8. The number of ether oxygens (including phenoxy) is 2. The van der Waals surface area contributed by atoms with Gasteiger partial charge in [-0.2, -0.15) is 0 Å². The molecule has 0 bridgehead atoms. The molecule has 1 atom stereocenters. The van der Waals surface area contributed by atoms with Crippen LogP contribution in [0.1, 0.15) is 36.6 Å². The molecule has 3 heteroatoms. The highest BCUT2D eigenvalue weighted by Crippen LogP contribution is 2.33. The predicted molar refractivity (Wildman–Crippen MR) is 99.8 cm³/mol. The maximum atomic E-state index is 5.77. The Hall–Kier alpha value is -2.26. The number of hydrogen-bond donors (Lipinski definition) is 1. The molecule has 128 valence electrons. The fourth-order valence-electron chi connectivity index (χ4n) is 2.72. The summed E-state index contributed by atoms with van der Waals surface area (Å²) < 4.78 is 11.3. The average Bonchev–Trinajstić information content (AvgIpc) is 2.62. The van der Waals surface area contributed by atoms with E-state index < -0.39 is 0 Å². The van der Waals surface area contributed by atoms with Crippen molar-refractivity contribution in [3.8, 4) is 11.5 Å². The number of rotatable bonds is 9. The summed E-state index contributed by atoms with van der Waals surface area (Å²) in [4.78, 5) is 0. The SMILES string of the molecule is C=CCc1cc(CNC(C)c2ccccc2)cc(OC)c1OCC. The minimum Gasteiger partial charge on any atom is -0.493 e. The van der Waals surface area contributed by atoms with Gasteiger partial charge >= 0.3 is 0 Å². The third-order valence-electron chi connectivity index (χ3n) is 3.98. The second-order valence-corrected chi connectivity index (χ2v) is 5.73. The Kier molecular flexibility index (Phi) is 6.89. The van der Waals surface area contributed by atoms with Gasteiger partial charge in [-0.05, 0) is 37.5 Å². The van der Waals surface area contributed by atoms with Gasteiger partial charge in [0.1, 0.15) is 0 Å². The predicted octanol–water partition coefficient (Wildman–Crippen LogP) is 4.67. The molecule has 0 heterocycles. The fourth-order valence-corrected chi connectivity index (χ4v) is 2.72. The van der Waals surface area contributed by atoms with Crippen LogP contribution in [0, 0.1) is 0 Å². The van der Waals surface area contributed by atoms with E-state index in [9.17, 15) is 0 Å². The van der Waals surface area contributed by atoms with Gasteiger partial charge in [0.25, 0.3) is 0 Å². The van der Waals surface area contributed by atoms with E-state index in [0.717, 1.165) is 30.0 Å². The van der Waals surface area contributed by atoms with Crippen LogP contribution in [0.2, 0.25) is 0 Å². The zero-order chi connectivity index (χ0) is 17.4. The highest BCUT2D eigenvalue weighted by molar-refractivity contribution is 5.50. The topological polar surface area (TPSA) is 30.5 Å². The molecule has 0 saturated carbocycles. The third kappa shape index (κ3) is 4.62. The highest BCUT2D eigenvalue weighted by Gasteiger charge is 2.13. The lowest BCUT2D eigenvalue weighted by Crippen LogP contribution is -2.18. The Morgan fingerprint density at radius 2 is 1.96 bits per heavy atom. The second kappa shape index (κ2) is 9.14. The van der Waals surface area contributed by atoms with Gasteiger partial charge in [0.15, 0.2) is 11.5 Å². The fraction of sp³-hybridized carbons (Fsp3) is 0.333. The molecular formula is C21H27NO2. The van der Waals surface area contributed by atoms with E-state index in [-0.39, 0.29) is 6.04 Å². The number of methoxy groups -OCH3 is 1. The van der Waals surface area contributed by atoms with Gasteiger partial charge in [0.05, 0.1) is 13.7 Å². The first kappa shape index (κ1) is 18.1. The van der Waals surface area contributed by atoms with Gasteiger partial charge in [0, 0.05) is 18.2 Å². The minimum absolute atomic E-state index is 0.284. The maximum Gasteiger partial charge on any atom is 0.164 e. The average molecular weight is 325 g/mol. The Balaban J connectivity index is 2.17. The van der Waals surface area contributed by atoms with Crippen molar-refractivity contribution in [2.75, 3.05) is 13.7 Å². The Labute approximate surface area is 145 Å². The Morgan fingerprint density at radius 3 is 2.58 bits per heavy atom. The summed E-state index contributed by atoms with van der Waals surface area (Å²) >= 11 is 0. The van der Waals surface area contributed by atoms with Crippen LogP contribution < -0.4 is 14.8 Å². The van der Waals surface area contributed by atoms with Crippen LogP contribution in [0.4, 0.5) is 0 Å². The van der Waals surface area contributed by atoms with Gasteiger partial charge in [-0.15, -0.1) is 6.58 Å². The molecule has 0 amide bonds. The van der Waals surface area contributed by atoms with Crippen LogP contribution in [0.25, 0.3) is 0 Å². The number of nitrogens with one attached hydrogen (secondary N) is 1. The van der Waals surface area contributed by atoms with Gasteiger partial charge < -0.3 is 14.8 Å². The third-order valence-corrected chi connectivity index (χ3v) is 3.98. The first-order valence-corrected chi connectivity index (χ1v) is 8.41. The lowest BCUT2D eigenvalue weighted by Gasteiger charge is -2.18. The van der Waals surface area contributed by atoms with E-state index in [2.05, 4.69) is 49.2 Å². The number of allylic oxidation sites excluding steroid dienone is 1. The van der Waals surface area contributed by atoms with Crippen LogP contribution in [0.5, 0.6) is 11.5 Å². The molecule has 0 spiro atoms. The molecule has 2 aromatic rings. The summed E-state index contributed by atoms with van der Waals surface area (Å²) in [6.07, 6.45) is 2.65. The van der Waals surface area contributed by atoms with Crippen LogP contribution in [0.15, 0.2) is 55.1 Å². The Morgan fingerprint density at radius 1 is 1.21 bits per heavy atom. The van der Waals surface area contributed by atoms with Crippen molar-refractivity contribution in [2.24, 2.45) is 0 Å². The van der Waals surface area contributed by atoms with Crippen molar-refractivity contribution in [1.29, 1.82) is 0 Å². The first-order valence-electron chi connectivity index (χ1n) is 8.41. The van der Waals surface area contributed by atoms with Crippen molar-refractivity contribution in [2.45, 2.75) is 32.9 Å². The van der Waals surface area contributed by atoms with Crippen molar-refractivity contribution < 1.29 is 9.47 Å². The summed E-state index contributed by atoms with van der Waals surface area (Å²) in [7, 11) is 1.68. The van der Waals surface area contributed by atoms with Crippen molar-refractivity contribution >= 4 is 0 Å². The molecule has 2 rings (SSSR count). The molecule has 0 saturated heterocycles. The molecule has 1 N–H and O–H groups in total. The van der Waals surface area contributed by atoms with E-state index in [1.807, 2.05) is 25.1 Å². The first-order chi connectivity index (χ1) is 11.7. The molecule has 0 radical (unpaired) electrons. The van der Waals surface area contributed by atoms with Gasteiger partial charge in [0.2, 0.25) is 0 Å². The number of hydrogen-bond acceptors (Lipinski definition) is 3. The van der Waals surface area contributed by atoms with E-state index in [1.165, 1.54) is 11.1 Å². The van der Waals surface area contributed by atoms with Crippen LogP contribution in [-0.4, -0.2) is 13.7 Å². The zero-order valence-corrected chi connectivity index (χ0v) is 14.8. The summed E-state index contributed by atoms with van der Waals surface area (Å²) in [5, 5.41) is 3.57. The number of benzene rings is 2. The van der Waals surface area contributed by atoms with Gasteiger partial charge in [-0.1, -0.05) is 42.5 Å². The molecule has 0 aromatic heterocycles. The van der Waals surface area contributed by atoms with E-state index in [0.29, 0.717) is 6.61 Å². The van der Waals surface area contributed by atoms with Crippen molar-refractivity contribution in [3.05, 3.63) is 71.8 Å². The van der Waals surface area contributed by atoms with E-state index in [4.69, 9.17) is 9.47 Å². The van der Waals surface area contributed by atoms with E-state index in [1.54, 1.807) is 7.11 Å². The smallest absolute Gasteiger partial charge is 0.164 e. The normalized spacial score (nSPS) is 11.8. The molecule has 1 unspecified atom stereocenters. The molecule has 0 fully saturated rings. The molecule has 0 aliphatic heterocycles. The minimum atomic E-state index is 0.284. The molecule has 0 aliphatic rings. The van der Waals surface area contributed by atoms with Gasteiger partial charge in [-0.3, -0.25) is 0 Å². The van der Waals surface area contributed by atoms with Gasteiger partial charge in [-0.25, -0.2) is 0 Å². The molecule has 24 heavy (non-hydrogen) atoms. The summed E-state index contributed by atoms with van der Waals surface area (Å²) in [6.45, 7) is 9.38. The van der Waals surface area contributed by atoms with Crippen LogP contribution >= 0.6 is 0 Å². The quantitative estimate of drug-likeness (QED) is 0.679. The highest BCUT2D eigenvalue weighted by atomic mass is 16.5. The standard InChI is InChI=1S/C21H27NO2/c1-5-10-19-13-17(14-20(23-4)21(19)24-6-2)15-22-16(3)18-11-8-7-9-12-18/h5,7-9,11-14,16,22H,1,6,10,15H2,2-4H3. The molecule has 3 nitrogen and oxygen atoms in total. The lowest BCUT2D eigenvalue weighted by atomic mass is 10.0. The molecule has 2 aromatic carbocycles. The largest absolute Gasteiger partial charge is 0.493 e. The molecular weight excluding hydrogens is 298 g/mol. The van der Waals surface area contributed by atoms with Crippen LogP contribution in [0.3, 0.4) is 0 Å². The molecule has 0 aliphatic carbocycles. The van der Waals surface area contributed by atoms with Crippen molar-refractivity contribution in [1.82, 2.24) is 5.32 Å². The second-order valence-electron chi connectivity index (χ2n) is 5.73. The van der Waals surface area contributed by atoms with E-state index >= 15 is 0 Å². The lowest BCUT2D eigenvalue weighted by molar-refractivity contribution is 0.308. The maximum absolute atomic E-state index is 5.77. The Bertz CT molecular complexity index is 652. The summed E-state index contributed by atoms with van der Waals surface area (Å²) in [6, 6.07) is 14.9.